The molecule has 0 saturated carbocycles. The van der Waals surface area contributed by atoms with Crippen LogP contribution in [0.4, 0.5) is 0 Å². The summed E-state index contributed by atoms with van der Waals surface area (Å²) in [5.41, 5.74) is 0.383. The van der Waals surface area contributed by atoms with Crippen LogP contribution in [0.5, 0.6) is 0 Å². The van der Waals surface area contributed by atoms with Gasteiger partial charge in [0.15, 0.2) is 8.32 Å². The first kappa shape index (κ1) is 27.2. The SMILES string of the molecule is C=C(C)C(=O)OCCOCCOCCOCCOCCO[Si](C)(C)C(C)(C)C. The van der Waals surface area contributed by atoms with E-state index >= 15 is 0 Å². The highest BCUT2D eigenvalue weighted by Crippen LogP contribution is 2.36. The zero-order valence-electron chi connectivity index (χ0n) is 18.6. The molecule has 0 radical (unpaired) electrons. The minimum Gasteiger partial charge on any atom is -0.460 e. The van der Waals surface area contributed by atoms with E-state index in [0.717, 1.165) is 0 Å². The van der Waals surface area contributed by atoms with Gasteiger partial charge in [-0.25, -0.2) is 4.79 Å². The van der Waals surface area contributed by atoms with E-state index in [-0.39, 0.29) is 11.6 Å². The van der Waals surface area contributed by atoms with Gasteiger partial charge in [-0.15, -0.1) is 0 Å². The number of rotatable bonds is 17. The molecule has 0 unspecified atom stereocenters. The standard InChI is InChI=1S/C20H40O7Si/c1-18(2)19(21)26-16-14-24-12-10-22-8-9-23-11-13-25-15-17-27-28(6,7)20(3,4)5/h1,8-17H2,2-7H3. The lowest BCUT2D eigenvalue weighted by atomic mass is 10.2. The van der Waals surface area contributed by atoms with Crippen molar-refractivity contribution >= 4 is 14.3 Å². The Balaban J connectivity index is 3.28. The molecule has 0 spiro atoms. The zero-order valence-corrected chi connectivity index (χ0v) is 19.6. The van der Waals surface area contributed by atoms with E-state index in [4.69, 9.17) is 28.1 Å². The van der Waals surface area contributed by atoms with Crippen LogP contribution in [0.2, 0.25) is 18.1 Å². The highest BCUT2D eigenvalue weighted by Gasteiger charge is 2.36. The van der Waals surface area contributed by atoms with E-state index in [1.165, 1.54) is 0 Å². The van der Waals surface area contributed by atoms with Crippen molar-refractivity contribution in [2.24, 2.45) is 0 Å². The summed E-state index contributed by atoms with van der Waals surface area (Å²) in [7, 11) is -1.68. The van der Waals surface area contributed by atoms with E-state index in [2.05, 4.69) is 40.4 Å². The van der Waals surface area contributed by atoms with Crippen molar-refractivity contribution in [1.82, 2.24) is 0 Å². The molecule has 0 N–H and O–H groups in total. The Labute approximate surface area is 171 Å². The van der Waals surface area contributed by atoms with Crippen LogP contribution < -0.4 is 0 Å². The third kappa shape index (κ3) is 14.3. The molecule has 7 nitrogen and oxygen atoms in total. The summed E-state index contributed by atoms with van der Waals surface area (Å²) in [4.78, 5) is 11.1. The van der Waals surface area contributed by atoms with Crippen molar-refractivity contribution in [2.45, 2.75) is 45.8 Å². The third-order valence-electron chi connectivity index (χ3n) is 4.42. The Hall–Kier alpha value is -0.773. The van der Waals surface area contributed by atoms with E-state index in [1.807, 2.05) is 0 Å². The van der Waals surface area contributed by atoms with Crippen molar-refractivity contribution in [1.29, 1.82) is 0 Å². The summed E-state index contributed by atoms with van der Waals surface area (Å²) in [6.07, 6.45) is 0. The fourth-order valence-corrected chi connectivity index (χ4v) is 2.68. The lowest BCUT2D eigenvalue weighted by Crippen LogP contribution is -2.41. The van der Waals surface area contributed by atoms with Crippen LogP contribution in [-0.4, -0.2) is 80.4 Å². The summed E-state index contributed by atoms with van der Waals surface area (Å²) < 4.78 is 32.6. The Kier molecular flexibility index (Phi) is 14.7. The third-order valence-corrected chi connectivity index (χ3v) is 8.96. The summed E-state index contributed by atoms with van der Waals surface area (Å²) in [6, 6.07) is 0. The molecule has 0 heterocycles. The van der Waals surface area contributed by atoms with Crippen molar-refractivity contribution in [3.8, 4) is 0 Å². The van der Waals surface area contributed by atoms with Gasteiger partial charge in [0, 0.05) is 5.57 Å². The van der Waals surface area contributed by atoms with Gasteiger partial charge < -0.3 is 28.1 Å². The van der Waals surface area contributed by atoms with Crippen LogP contribution in [0.1, 0.15) is 27.7 Å². The Morgan fingerprint density at radius 1 is 0.750 bits per heavy atom. The second kappa shape index (κ2) is 15.1. The fraction of sp³-hybridized carbons (Fsp3) is 0.850. The highest BCUT2D eigenvalue weighted by atomic mass is 28.4. The van der Waals surface area contributed by atoms with Gasteiger partial charge in [-0.05, 0) is 25.1 Å². The molecule has 166 valence electrons. The number of hydrogen-bond acceptors (Lipinski definition) is 7. The summed E-state index contributed by atoms with van der Waals surface area (Å²) in [5.74, 6) is -0.399. The maximum atomic E-state index is 11.1. The molecule has 0 rings (SSSR count). The van der Waals surface area contributed by atoms with Gasteiger partial charge in [0.25, 0.3) is 0 Å². The van der Waals surface area contributed by atoms with Crippen LogP contribution in [0, 0.1) is 0 Å². The quantitative estimate of drug-likeness (QED) is 0.155. The van der Waals surface area contributed by atoms with Gasteiger partial charge in [0.1, 0.15) is 6.61 Å². The van der Waals surface area contributed by atoms with E-state index in [1.54, 1.807) is 6.92 Å². The Morgan fingerprint density at radius 3 is 1.46 bits per heavy atom. The largest absolute Gasteiger partial charge is 0.460 e. The maximum Gasteiger partial charge on any atom is 0.333 e. The number of carbonyl (C=O) groups excluding carboxylic acids is 1. The zero-order chi connectivity index (χ0) is 21.5. The number of carbonyl (C=O) groups is 1. The predicted molar refractivity (Wildman–Crippen MR) is 112 cm³/mol. The lowest BCUT2D eigenvalue weighted by molar-refractivity contribution is -0.140. The lowest BCUT2D eigenvalue weighted by Gasteiger charge is -2.36. The van der Waals surface area contributed by atoms with E-state index < -0.39 is 14.3 Å². The average molecular weight is 421 g/mol. The van der Waals surface area contributed by atoms with Gasteiger partial charge in [0.05, 0.1) is 59.5 Å². The van der Waals surface area contributed by atoms with Crippen LogP contribution in [0.15, 0.2) is 12.2 Å². The summed E-state index contributed by atoms with van der Waals surface area (Å²) in [6.45, 7) is 21.1. The second-order valence-electron chi connectivity index (χ2n) is 7.97. The monoisotopic (exact) mass is 420 g/mol. The fourth-order valence-electron chi connectivity index (χ4n) is 1.65. The Morgan fingerprint density at radius 2 is 1.11 bits per heavy atom. The van der Waals surface area contributed by atoms with Gasteiger partial charge in [-0.2, -0.15) is 0 Å². The number of hydrogen-bond donors (Lipinski definition) is 0. The molecule has 8 heteroatoms. The first-order valence-electron chi connectivity index (χ1n) is 9.85. The normalized spacial score (nSPS) is 12.2. The minimum atomic E-state index is -1.68. The van der Waals surface area contributed by atoms with Gasteiger partial charge in [-0.3, -0.25) is 0 Å². The van der Waals surface area contributed by atoms with Crippen molar-refractivity contribution in [3.63, 3.8) is 0 Å². The molecule has 0 aromatic carbocycles. The second-order valence-corrected chi connectivity index (χ2v) is 12.8. The van der Waals surface area contributed by atoms with Gasteiger partial charge >= 0.3 is 5.97 Å². The molecular formula is C20H40O7Si. The molecule has 0 amide bonds. The molecule has 28 heavy (non-hydrogen) atoms. The first-order valence-corrected chi connectivity index (χ1v) is 12.8. The molecule has 0 aromatic heterocycles. The minimum absolute atomic E-state index is 0.218. The van der Waals surface area contributed by atoms with E-state index in [9.17, 15) is 4.79 Å². The van der Waals surface area contributed by atoms with Crippen molar-refractivity contribution in [2.75, 3.05) is 66.1 Å². The Bertz CT molecular complexity index is 433. The van der Waals surface area contributed by atoms with Gasteiger partial charge in [-0.1, -0.05) is 27.4 Å². The summed E-state index contributed by atoms with van der Waals surface area (Å²) in [5, 5.41) is 0.221. The molecule has 0 bridgehead atoms. The number of esters is 1. The maximum absolute atomic E-state index is 11.1. The number of ether oxygens (including phenoxy) is 5. The van der Waals surface area contributed by atoms with Crippen LogP contribution >= 0.6 is 0 Å². The smallest absolute Gasteiger partial charge is 0.333 e. The average Bonchev–Trinajstić information content (AvgIpc) is 2.59. The molecule has 0 aliphatic heterocycles. The van der Waals surface area contributed by atoms with Crippen LogP contribution in [0.25, 0.3) is 0 Å². The molecule has 0 aromatic rings. The molecule has 0 fully saturated rings. The first-order chi connectivity index (χ1) is 13.1. The van der Waals surface area contributed by atoms with E-state index in [0.29, 0.717) is 65.0 Å². The summed E-state index contributed by atoms with van der Waals surface area (Å²) >= 11 is 0. The van der Waals surface area contributed by atoms with Crippen molar-refractivity contribution in [3.05, 3.63) is 12.2 Å². The molecule has 0 saturated heterocycles. The molecule has 0 aliphatic rings. The van der Waals surface area contributed by atoms with Gasteiger partial charge in [0.2, 0.25) is 0 Å². The van der Waals surface area contributed by atoms with Crippen molar-refractivity contribution < 1.29 is 32.9 Å². The predicted octanol–water partition coefficient (Wildman–Crippen LogP) is 3.19. The topological polar surface area (TPSA) is 72.5 Å². The van der Waals surface area contributed by atoms with Crippen LogP contribution in [0.3, 0.4) is 0 Å². The molecular weight excluding hydrogens is 380 g/mol. The highest BCUT2D eigenvalue weighted by molar-refractivity contribution is 6.74. The molecule has 0 atom stereocenters. The molecule has 0 aliphatic carbocycles. The van der Waals surface area contributed by atoms with Crippen LogP contribution in [-0.2, 0) is 32.9 Å².